The summed E-state index contributed by atoms with van der Waals surface area (Å²) in [6.07, 6.45) is 0. The van der Waals surface area contributed by atoms with Crippen molar-refractivity contribution in [1.82, 2.24) is 10.2 Å². The number of nitrogens with one attached hydrogen (secondary N) is 1. The van der Waals surface area contributed by atoms with Gasteiger partial charge in [0.15, 0.2) is 0 Å². The molecule has 0 saturated carbocycles. The van der Waals surface area contributed by atoms with Gasteiger partial charge in [-0.25, -0.2) is 9.59 Å². The monoisotopic (exact) mass is 410 g/mol. The molecule has 0 bridgehead atoms. The van der Waals surface area contributed by atoms with E-state index in [0.717, 1.165) is 16.0 Å². The van der Waals surface area contributed by atoms with E-state index in [0.29, 0.717) is 27.1 Å². The normalized spacial score (nSPS) is 19.1. The molecular weight excluding hydrogens is 392 g/mol. The molecule has 0 spiro atoms. The molecule has 1 aromatic heterocycles. The van der Waals surface area contributed by atoms with Gasteiger partial charge in [-0.3, -0.25) is 9.69 Å². The molecule has 0 radical (unpaired) electrons. The number of halogens is 1. The SMILES string of the molecule is Cc1ccc2c(CN3C(=O)N[C@@](C)(c4ccc(Cl)cc4)C3=O)cc(=O)oc2c1C. The van der Waals surface area contributed by atoms with Crippen molar-refractivity contribution in [1.29, 1.82) is 0 Å². The van der Waals surface area contributed by atoms with Crippen molar-refractivity contribution in [2.45, 2.75) is 32.9 Å². The Labute approximate surface area is 172 Å². The number of benzene rings is 2. The Morgan fingerprint density at radius 2 is 1.76 bits per heavy atom. The summed E-state index contributed by atoms with van der Waals surface area (Å²) >= 11 is 5.94. The lowest BCUT2D eigenvalue weighted by molar-refractivity contribution is -0.131. The van der Waals surface area contributed by atoms with Crippen LogP contribution >= 0.6 is 11.6 Å². The molecule has 6 nitrogen and oxygen atoms in total. The summed E-state index contributed by atoms with van der Waals surface area (Å²) < 4.78 is 5.38. The molecule has 3 amide bonds. The number of hydrogen-bond donors (Lipinski definition) is 1. The highest BCUT2D eigenvalue weighted by Gasteiger charge is 2.49. The molecule has 1 aliphatic rings. The van der Waals surface area contributed by atoms with Gasteiger partial charge in [0, 0.05) is 16.5 Å². The zero-order valence-corrected chi connectivity index (χ0v) is 17.0. The molecule has 2 heterocycles. The van der Waals surface area contributed by atoms with Crippen molar-refractivity contribution in [3.63, 3.8) is 0 Å². The predicted molar refractivity (Wildman–Crippen MR) is 110 cm³/mol. The van der Waals surface area contributed by atoms with Gasteiger partial charge in [0.1, 0.15) is 11.1 Å². The lowest BCUT2D eigenvalue weighted by atomic mass is 9.92. The van der Waals surface area contributed by atoms with E-state index >= 15 is 0 Å². The second-order valence-corrected chi connectivity index (χ2v) is 7.86. The zero-order chi connectivity index (χ0) is 20.9. The molecule has 1 atom stereocenters. The maximum atomic E-state index is 13.2. The van der Waals surface area contributed by atoms with Crippen LogP contribution in [-0.2, 0) is 16.9 Å². The molecule has 0 aliphatic carbocycles. The topological polar surface area (TPSA) is 79.6 Å². The molecule has 3 aromatic rings. The second-order valence-electron chi connectivity index (χ2n) is 7.43. The summed E-state index contributed by atoms with van der Waals surface area (Å²) in [5, 5.41) is 4.01. The quantitative estimate of drug-likeness (QED) is 0.522. The van der Waals surface area contributed by atoms with Gasteiger partial charge in [0.25, 0.3) is 5.91 Å². The first-order valence-electron chi connectivity index (χ1n) is 9.14. The first kappa shape index (κ1) is 19.2. The fourth-order valence-corrected chi connectivity index (χ4v) is 3.77. The smallest absolute Gasteiger partial charge is 0.336 e. The number of hydrogen-bond acceptors (Lipinski definition) is 4. The van der Waals surface area contributed by atoms with Gasteiger partial charge in [-0.15, -0.1) is 0 Å². The molecule has 29 heavy (non-hydrogen) atoms. The van der Waals surface area contributed by atoms with E-state index < -0.39 is 23.1 Å². The van der Waals surface area contributed by atoms with Crippen molar-refractivity contribution in [3.8, 4) is 0 Å². The van der Waals surface area contributed by atoms with Crippen LogP contribution in [0.1, 0.15) is 29.2 Å². The van der Waals surface area contributed by atoms with Crippen LogP contribution in [0.15, 0.2) is 51.7 Å². The number of imide groups is 1. The number of aryl methyl sites for hydroxylation is 2. The molecule has 1 fully saturated rings. The molecule has 1 saturated heterocycles. The highest BCUT2D eigenvalue weighted by Crippen LogP contribution is 2.32. The van der Waals surface area contributed by atoms with E-state index in [9.17, 15) is 14.4 Å². The lowest BCUT2D eigenvalue weighted by Gasteiger charge is -2.22. The van der Waals surface area contributed by atoms with Crippen LogP contribution < -0.4 is 10.9 Å². The molecule has 1 N–H and O–H groups in total. The molecule has 148 valence electrons. The Morgan fingerprint density at radius 1 is 1.07 bits per heavy atom. The Hall–Kier alpha value is -3.12. The van der Waals surface area contributed by atoms with Gasteiger partial charge < -0.3 is 9.73 Å². The van der Waals surface area contributed by atoms with Crippen LogP contribution in [0.3, 0.4) is 0 Å². The first-order valence-corrected chi connectivity index (χ1v) is 9.51. The number of urea groups is 1. The van der Waals surface area contributed by atoms with Crippen molar-refractivity contribution in [2.75, 3.05) is 0 Å². The largest absolute Gasteiger partial charge is 0.422 e. The van der Waals surface area contributed by atoms with Crippen LogP contribution in [-0.4, -0.2) is 16.8 Å². The van der Waals surface area contributed by atoms with Gasteiger partial charge in [-0.1, -0.05) is 35.9 Å². The van der Waals surface area contributed by atoms with Crippen molar-refractivity contribution in [3.05, 3.63) is 80.2 Å². The minimum absolute atomic E-state index is 0.0293. The van der Waals surface area contributed by atoms with E-state index in [4.69, 9.17) is 16.0 Å². The third kappa shape index (κ3) is 3.09. The minimum Gasteiger partial charge on any atom is -0.422 e. The third-order valence-electron chi connectivity index (χ3n) is 5.54. The Kier molecular flexibility index (Phi) is 4.46. The predicted octanol–water partition coefficient (Wildman–Crippen LogP) is 4.03. The molecular formula is C22H19ClN2O4. The molecule has 2 aromatic carbocycles. The van der Waals surface area contributed by atoms with Gasteiger partial charge in [-0.05, 0) is 55.2 Å². The summed E-state index contributed by atoms with van der Waals surface area (Å²) in [5.74, 6) is -0.393. The van der Waals surface area contributed by atoms with Crippen molar-refractivity contribution < 1.29 is 14.0 Å². The summed E-state index contributed by atoms with van der Waals surface area (Å²) in [6, 6.07) is 11.3. The van der Waals surface area contributed by atoms with E-state index in [1.807, 2.05) is 26.0 Å². The summed E-state index contributed by atoms with van der Waals surface area (Å²) in [4.78, 5) is 39.1. The number of amides is 3. The number of rotatable bonds is 3. The third-order valence-corrected chi connectivity index (χ3v) is 5.79. The highest BCUT2D eigenvalue weighted by atomic mass is 35.5. The van der Waals surface area contributed by atoms with Crippen LogP contribution in [0.25, 0.3) is 11.0 Å². The fraction of sp³-hybridized carbons (Fsp3) is 0.227. The number of carbonyl (C=O) groups excluding carboxylic acids is 2. The molecule has 1 aliphatic heterocycles. The van der Waals surface area contributed by atoms with Crippen molar-refractivity contribution in [2.24, 2.45) is 0 Å². The van der Waals surface area contributed by atoms with Gasteiger partial charge in [0.2, 0.25) is 0 Å². The van der Waals surface area contributed by atoms with Crippen LogP contribution in [0.5, 0.6) is 0 Å². The van der Waals surface area contributed by atoms with E-state index in [1.54, 1.807) is 31.2 Å². The summed E-state index contributed by atoms with van der Waals surface area (Å²) in [7, 11) is 0. The average molecular weight is 411 g/mol. The highest BCUT2D eigenvalue weighted by molar-refractivity contribution is 6.30. The fourth-order valence-electron chi connectivity index (χ4n) is 3.65. The van der Waals surface area contributed by atoms with Crippen LogP contribution in [0.4, 0.5) is 4.79 Å². The maximum absolute atomic E-state index is 13.2. The first-order chi connectivity index (χ1) is 13.7. The van der Waals surface area contributed by atoms with Gasteiger partial charge in [0.05, 0.1) is 6.54 Å². The van der Waals surface area contributed by atoms with E-state index in [-0.39, 0.29) is 6.54 Å². The standard InChI is InChI=1S/C22H19ClN2O4/c1-12-4-9-17-14(10-18(26)29-19(17)13(12)2)11-25-20(27)22(3,24-21(25)28)15-5-7-16(23)8-6-15/h4-10H,11H2,1-3H3,(H,24,28)/t22-/m0/s1. The zero-order valence-electron chi connectivity index (χ0n) is 16.2. The van der Waals surface area contributed by atoms with Gasteiger partial charge in [-0.2, -0.15) is 0 Å². The lowest BCUT2D eigenvalue weighted by Crippen LogP contribution is -2.40. The van der Waals surface area contributed by atoms with E-state index in [2.05, 4.69) is 5.32 Å². The maximum Gasteiger partial charge on any atom is 0.336 e. The number of nitrogens with zero attached hydrogens (tertiary/aromatic N) is 1. The van der Waals surface area contributed by atoms with Crippen LogP contribution in [0, 0.1) is 13.8 Å². The van der Waals surface area contributed by atoms with E-state index in [1.165, 1.54) is 6.07 Å². The van der Waals surface area contributed by atoms with Crippen molar-refractivity contribution >= 4 is 34.5 Å². The Bertz CT molecular complexity index is 1220. The average Bonchev–Trinajstić information content (AvgIpc) is 2.89. The minimum atomic E-state index is -1.20. The second kappa shape index (κ2) is 6.74. The molecule has 0 unspecified atom stereocenters. The molecule has 7 heteroatoms. The van der Waals surface area contributed by atoms with Gasteiger partial charge >= 0.3 is 11.7 Å². The Morgan fingerprint density at radius 3 is 2.45 bits per heavy atom. The number of carbonyl (C=O) groups is 2. The summed E-state index contributed by atoms with van der Waals surface area (Å²) in [5.41, 5.74) is 1.78. The summed E-state index contributed by atoms with van der Waals surface area (Å²) in [6.45, 7) is 5.42. The molecule has 4 rings (SSSR count). The van der Waals surface area contributed by atoms with Crippen LogP contribution in [0.2, 0.25) is 5.02 Å². The number of fused-ring (bicyclic) bond motifs is 1. The Balaban J connectivity index is 1.75.